The predicted molar refractivity (Wildman–Crippen MR) is 50.5 cm³/mol. The fraction of sp³-hybridized carbons (Fsp3) is 0.300. The van der Waals surface area contributed by atoms with Crippen LogP contribution < -0.4 is 5.32 Å². The molecule has 0 aliphatic carbocycles. The first-order valence-electron chi connectivity index (χ1n) is 4.50. The summed E-state index contributed by atoms with van der Waals surface area (Å²) in [4.78, 5) is 0. The number of aromatic nitrogens is 1. The van der Waals surface area contributed by atoms with Crippen LogP contribution in [0.4, 0.5) is 0 Å². The highest BCUT2D eigenvalue weighted by atomic mass is 16.5. The van der Waals surface area contributed by atoms with E-state index in [1.807, 2.05) is 25.1 Å². The van der Waals surface area contributed by atoms with Crippen molar-refractivity contribution in [1.29, 1.82) is 0 Å². The molecule has 0 atom stereocenters. The zero-order valence-electron chi connectivity index (χ0n) is 7.99. The van der Waals surface area contributed by atoms with E-state index in [4.69, 9.17) is 8.94 Å². The van der Waals surface area contributed by atoms with Crippen molar-refractivity contribution in [3.8, 4) is 0 Å². The van der Waals surface area contributed by atoms with Crippen LogP contribution in [0, 0.1) is 6.92 Å². The van der Waals surface area contributed by atoms with Crippen LogP contribution >= 0.6 is 0 Å². The molecule has 4 nitrogen and oxygen atoms in total. The van der Waals surface area contributed by atoms with Crippen LogP contribution in [0.1, 0.15) is 17.3 Å². The standard InChI is InChI=1S/C10H12N2O2/c1-8-2-3-9(13-8)6-11-7-10-4-5-12-14-10/h2-5,11H,6-7H2,1H3. The summed E-state index contributed by atoms with van der Waals surface area (Å²) in [6.45, 7) is 3.30. The van der Waals surface area contributed by atoms with E-state index in [-0.39, 0.29) is 0 Å². The molecule has 2 heterocycles. The normalized spacial score (nSPS) is 10.6. The van der Waals surface area contributed by atoms with Crippen LogP contribution in [-0.2, 0) is 13.1 Å². The maximum absolute atomic E-state index is 5.39. The lowest BCUT2D eigenvalue weighted by atomic mass is 10.4. The van der Waals surface area contributed by atoms with Gasteiger partial charge in [-0.25, -0.2) is 0 Å². The SMILES string of the molecule is Cc1ccc(CNCc2ccno2)o1. The van der Waals surface area contributed by atoms with Crippen molar-refractivity contribution in [1.82, 2.24) is 10.5 Å². The van der Waals surface area contributed by atoms with Gasteiger partial charge in [-0.1, -0.05) is 5.16 Å². The minimum absolute atomic E-state index is 0.666. The molecule has 0 saturated carbocycles. The fourth-order valence-electron chi connectivity index (χ4n) is 1.22. The molecule has 2 aromatic rings. The lowest BCUT2D eigenvalue weighted by molar-refractivity contribution is 0.368. The first-order chi connectivity index (χ1) is 6.84. The second kappa shape index (κ2) is 4.11. The number of furan rings is 1. The van der Waals surface area contributed by atoms with Crippen molar-refractivity contribution in [3.63, 3.8) is 0 Å². The summed E-state index contributed by atoms with van der Waals surface area (Å²) in [5, 5.41) is 6.80. The number of nitrogens with zero attached hydrogens (tertiary/aromatic N) is 1. The van der Waals surface area contributed by atoms with Crippen molar-refractivity contribution in [3.05, 3.63) is 41.7 Å². The minimum atomic E-state index is 0.666. The molecule has 0 spiro atoms. The highest BCUT2D eigenvalue weighted by molar-refractivity contribution is 5.05. The lowest BCUT2D eigenvalue weighted by Gasteiger charge is -1.98. The summed E-state index contributed by atoms with van der Waals surface area (Å²) in [5.41, 5.74) is 0. The van der Waals surface area contributed by atoms with Gasteiger partial charge in [-0.05, 0) is 19.1 Å². The van der Waals surface area contributed by atoms with Crippen LogP contribution in [0.25, 0.3) is 0 Å². The molecule has 0 saturated heterocycles. The molecule has 14 heavy (non-hydrogen) atoms. The van der Waals surface area contributed by atoms with Crippen LogP contribution in [-0.4, -0.2) is 5.16 Å². The van der Waals surface area contributed by atoms with E-state index in [1.54, 1.807) is 6.20 Å². The molecule has 0 unspecified atom stereocenters. The zero-order chi connectivity index (χ0) is 9.80. The molecule has 0 fully saturated rings. The molecule has 0 aromatic carbocycles. The average Bonchev–Trinajstić information content (AvgIpc) is 2.77. The van der Waals surface area contributed by atoms with E-state index >= 15 is 0 Å². The Morgan fingerprint density at radius 3 is 2.71 bits per heavy atom. The summed E-state index contributed by atoms with van der Waals surface area (Å²) in [6, 6.07) is 5.74. The zero-order valence-corrected chi connectivity index (χ0v) is 7.99. The molecule has 0 aliphatic rings. The highest BCUT2D eigenvalue weighted by Crippen LogP contribution is 2.05. The van der Waals surface area contributed by atoms with Crippen molar-refractivity contribution in [2.75, 3.05) is 0 Å². The Morgan fingerprint density at radius 1 is 1.21 bits per heavy atom. The Labute approximate surface area is 81.9 Å². The van der Waals surface area contributed by atoms with Crippen molar-refractivity contribution < 1.29 is 8.94 Å². The topological polar surface area (TPSA) is 51.2 Å². The predicted octanol–water partition coefficient (Wildman–Crippen LogP) is 1.87. The summed E-state index contributed by atoms with van der Waals surface area (Å²) in [5.74, 6) is 2.69. The Bertz CT molecular complexity index is 378. The second-order valence-corrected chi connectivity index (χ2v) is 3.09. The largest absolute Gasteiger partial charge is 0.465 e. The molecule has 0 radical (unpaired) electrons. The summed E-state index contributed by atoms with van der Waals surface area (Å²) in [6.07, 6.45) is 1.63. The Hall–Kier alpha value is -1.55. The smallest absolute Gasteiger partial charge is 0.150 e. The van der Waals surface area contributed by atoms with E-state index < -0.39 is 0 Å². The van der Waals surface area contributed by atoms with Gasteiger partial charge in [0.15, 0.2) is 0 Å². The monoisotopic (exact) mass is 192 g/mol. The number of aryl methyl sites for hydroxylation is 1. The van der Waals surface area contributed by atoms with Crippen molar-refractivity contribution in [2.24, 2.45) is 0 Å². The van der Waals surface area contributed by atoms with Gasteiger partial charge in [0.25, 0.3) is 0 Å². The van der Waals surface area contributed by atoms with Crippen LogP contribution in [0.5, 0.6) is 0 Å². The van der Waals surface area contributed by atoms with E-state index in [0.29, 0.717) is 13.1 Å². The molecule has 74 valence electrons. The van der Waals surface area contributed by atoms with Gasteiger partial charge in [-0.3, -0.25) is 0 Å². The van der Waals surface area contributed by atoms with Gasteiger partial charge in [-0.15, -0.1) is 0 Å². The number of hydrogen-bond acceptors (Lipinski definition) is 4. The maximum atomic E-state index is 5.39. The summed E-state index contributed by atoms with van der Waals surface area (Å²) < 4.78 is 10.3. The molecule has 1 N–H and O–H groups in total. The van der Waals surface area contributed by atoms with Gasteiger partial charge < -0.3 is 14.3 Å². The second-order valence-electron chi connectivity index (χ2n) is 3.09. The van der Waals surface area contributed by atoms with Crippen LogP contribution in [0.15, 0.2) is 33.3 Å². The third-order valence-corrected chi connectivity index (χ3v) is 1.89. The maximum Gasteiger partial charge on any atom is 0.150 e. The molecule has 4 heteroatoms. The van der Waals surface area contributed by atoms with Gasteiger partial charge in [-0.2, -0.15) is 0 Å². The quantitative estimate of drug-likeness (QED) is 0.803. The summed E-state index contributed by atoms with van der Waals surface area (Å²) in [7, 11) is 0. The van der Waals surface area contributed by atoms with Gasteiger partial charge >= 0.3 is 0 Å². The minimum Gasteiger partial charge on any atom is -0.465 e. The van der Waals surface area contributed by atoms with E-state index in [2.05, 4.69) is 10.5 Å². The number of hydrogen-bond donors (Lipinski definition) is 1. The first kappa shape index (κ1) is 9.02. The molecule has 2 rings (SSSR count). The highest BCUT2D eigenvalue weighted by Gasteiger charge is 1.99. The van der Waals surface area contributed by atoms with Crippen molar-refractivity contribution in [2.45, 2.75) is 20.0 Å². The third-order valence-electron chi connectivity index (χ3n) is 1.89. The van der Waals surface area contributed by atoms with Crippen LogP contribution in [0.2, 0.25) is 0 Å². The van der Waals surface area contributed by atoms with Gasteiger partial charge in [0.2, 0.25) is 0 Å². The Balaban J connectivity index is 1.78. The van der Waals surface area contributed by atoms with Crippen LogP contribution in [0.3, 0.4) is 0 Å². The number of nitrogens with one attached hydrogen (secondary N) is 1. The average molecular weight is 192 g/mol. The fourth-order valence-corrected chi connectivity index (χ4v) is 1.22. The van der Waals surface area contributed by atoms with E-state index in [9.17, 15) is 0 Å². The molecular formula is C10H12N2O2. The summed E-state index contributed by atoms with van der Waals surface area (Å²) >= 11 is 0. The molecule has 0 bridgehead atoms. The lowest BCUT2D eigenvalue weighted by Crippen LogP contribution is -2.11. The Kier molecular flexibility index (Phi) is 2.65. The first-order valence-corrected chi connectivity index (χ1v) is 4.50. The van der Waals surface area contributed by atoms with E-state index in [1.165, 1.54) is 0 Å². The van der Waals surface area contributed by atoms with Gasteiger partial charge in [0.1, 0.15) is 17.3 Å². The molecule has 2 aromatic heterocycles. The van der Waals surface area contributed by atoms with Gasteiger partial charge in [0, 0.05) is 6.07 Å². The molecule has 0 aliphatic heterocycles. The number of rotatable bonds is 4. The van der Waals surface area contributed by atoms with Crippen molar-refractivity contribution >= 4 is 0 Å². The van der Waals surface area contributed by atoms with Gasteiger partial charge in [0.05, 0.1) is 19.3 Å². The third kappa shape index (κ3) is 2.23. The molecule has 0 amide bonds. The van der Waals surface area contributed by atoms with E-state index in [0.717, 1.165) is 17.3 Å². The molecular weight excluding hydrogens is 180 g/mol. The Morgan fingerprint density at radius 2 is 2.07 bits per heavy atom.